The first-order chi connectivity index (χ1) is 16.2. The van der Waals surface area contributed by atoms with Gasteiger partial charge in [-0.1, -0.05) is 83.3 Å². The molecule has 33 heavy (non-hydrogen) atoms. The molecule has 3 heteroatoms. The van der Waals surface area contributed by atoms with Crippen molar-refractivity contribution in [3.63, 3.8) is 0 Å². The van der Waals surface area contributed by atoms with Gasteiger partial charge in [0.2, 0.25) is 5.88 Å². The van der Waals surface area contributed by atoms with Crippen molar-refractivity contribution < 1.29 is 9.47 Å². The summed E-state index contributed by atoms with van der Waals surface area (Å²) in [6.45, 7) is 8.07. The Labute approximate surface area is 199 Å². The van der Waals surface area contributed by atoms with E-state index in [9.17, 15) is 0 Å². The Balaban J connectivity index is 1.53. The second-order valence-corrected chi connectivity index (χ2v) is 8.80. The third-order valence-corrected chi connectivity index (χ3v) is 5.88. The van der Waals surface area contributed by atoms with Crippen LogP contribution in [0, 0.1) is 17.8 Å². The molecule has 0 fully saturated rings. The number of benzene rings is 2. The van der Waals surface area contributed by atoms with Crippen LogP contribution in [0.3, 0.4) is 0 Å². The van der Waals surface area contributed by atoms with E-state index in [4.69, 9.17) is 9.47 Å². The molecule has 0 amide bonds. The van der Waals surface area contributed by atoms with Crippen LogP contribution in [0.2, 0.25) is 0 Å². The summed E-state index contributed by atoms with van der Waals surface area (Å²) < 4.78 is 11.7. The molecule has 0 N–H and O–H groups in total. The quantitative estimate of drug-likeness (QED) is 0.211. The van der Waals surface area contributed by atoms with Crippen molar-refractivity contribution in [2.75, 3.05) is 13.2 Å². The van der Waals surface area contributed by atoms with E-state index in [0.717, 1.165) is 36.3 Å². The van der Waals surface area contributed by atoms with Gasteiger partial charge in [0.1, 0.15) is 5.75 Å². The van der Waals surface area contributed by atoms with Crippen LogP contribution in [-0.2, 0) is 0 Å². The van der Waals surface area contributed by atoms with E-state index >= 15 is 0 Å². The minimum atomic E-state index is 0.530. The highest BCUT2D eigenvalue weighted by Crippen LogP contribution is 2.22. The summed E-state index contributed by atoms with van der Waals surface area (Å²) in [7, 11) is 0. The second kappa shape index (κ2) is 13.5. The predicted molar refractivity (Wildman–Crippen MR) is 138 cm³/mol. The van der Waals surface area contributed by atoms with Gasteiger partial charge in [-0.25, -0.2) is 4.98 Å². The molecule has 0 unspecified atom stereocenters. The van der Waals surface area contributed by atoms with Gasteiger partial charge in [-0.05, 0) is 53.4 Å². The van der Waals surface area contributed by atoms with Gasteiger partial charge in [0.25, 0.3) is 0 Å². The lowest BCUT2D eigenvalue weighted by Gasteiger charge is -2.09. The Bertz CT molecular complexity index is 1050. The zero-order chi connectivity index (χ0) is 23.3. The largest absolute Gasteiger partial charge is 0.494 e. The monoisotopic (exact) mass is 443 g/mol. The van der Waals surface area contributed by atoms with E-state index < -0.39 is 0 Å². The van der Waals surface area contributed by atoms with Crippen LogP contribution in [-0.4, -0.2) is 18.2 Å². The molecule has 0 spiro atoms. The molecule has 0 aliphatic heterocycles. The summed E-state index contributed by atoms with van der Waals surface area (Å²) in [6, 6.07) is 16.4. The summed E-state index contributed by atoms with van der Waals surface area (Å²) in [6.07, 6.45) is 10.5. The van der Waals surface area contributed by atoms with Gasteiger partial charge < -0.3 is 9.47 Å². The third-order valence-electron chi connectivity index (χ3n) is 5.88. The minimum absolute atomic E-state index is 0.530. The van der Waals surface area contributed by atoms with Crippen molar-refractivity contribution >= 4 is 10.8 Å². The highest BCUT2D eigenvalue weighted by atomic mass is 16.5. The van der Waals surface area contributed by atoms with Crippen molar-refractivity contribution in [3.8, 4) is 23.5 Å². The van der Waals surface area contributed by atoms with E-state index in [-0.39, 0.29) is 0 Å². The Morgan fingerprint density at radius 2 is 1.52 bits per heavy atom. The van der Waals surface area contributed by atoms with Gasteiger partial charge in [0.05, 0.1) is 13.2 Å². The summed E-state index contributed by atoms with van der Waals surface area (Å²) in [5, 5.41) is 2.34. The molecule has 2 aromatic carbocycles. The third kappa shape index (κ3) is 8.46. The molecule has 1 aromatic heterocycles. The Hall–Kier alpha value is -2.99. The number of hydrogen-bond acceptors (Lipinski definition) is 3. The van der Waals surface area contributed by atoms with Gasteiger partial charge in [-0.2, -0.15) is 0 Å². The van der Waals surface area contributed by atoms with E-state index in [2.05, 4.69) is 74.0 Å². The van der Waals surface area contributed by atoms with Gasteiger partial charge in [-0.3, -0.25) is 0 Å². The van der Waals surface area contributed by atoms with Crippen molar-refractivity contribution in [1.29, 1.82) is 0 Å². The van der Waals surface area contributed by atoms with Crippen molar-refractivity contribution in [2.45, 2.75) is 65.7 Å². The van der Waals surface area contributed by atoms with E-state index in [1.807, 2.05) is 12.1 Å². The maximum atomic E-state index is 5.96. The number of hydrogen-bond donors (Lipinski definition) is 0. The molecule has 0 radical (unpaired) electrons. The fraction of sp³-hybridized carbons (Fsp3) is 0.433. The van der Waals surface area contributed by atoms with Gasteiger partial charge >= 0.3 is 0 Å². The van der Waals surface area contributed by atoms with Crippen molar-refractivity contribution in [3.05, 3.63) is 65.9 Å². The first-order valence-corrected chi connectivity index (χ1v) is 12.5. The fourth-order valence-electron chi connectivity index (χ4n) is 3.49. The highest BCUT2D eigenvalue weighted by molar-refractivity contribution is 5.85. The highest BCUT2D eigenvalue weighted by Gasteiger charge is 2.02. The maximum absolute atomic E-state index is 5.96. The van der Waals surface area contributed by atoms with Crippen LogP contribution in [0.1, 0.15) is 76.8 Å². The number of nitrogens with zero attached hydrogens (tertiary/aromatic N) is 1. The van der Waals surface area contributed by atoms with Crippen LogP contribution in [0.5, 0.6) is 11.6 Å². The molecule has 174 valence electrons. The molecule has 1 atom stereocenters. The van der Waals surface area contributed by atoms with Gasteiger partial charge in [0, 0.05) is 23.4 Å². The molecule has 3 aromatic rings. The summed E-state index contributed by atoms with van der Waals surface area (Å²) in [4.78, 5) is 4.37. The number of aromatic nitrogens is 1. The van der Waals surface area contributed by atoms with Crippen LogP contribution in [0.15, 0.2) is 54.7 Å². The molecule has 0 aliphatic carbocycles. The number of ether oxygens (including phenoxy) is 2. The molecule has 0 bridgehead atoms. The fourth-order valence-corrected chi connectivity index (χ4v) is 3.49. The van der Waals surface area contributed by atoms with Gasteiger partial charge in [0.15, 0.2) is 0 Å². The average molecular weight is 444 g/mol. The number of rotatable bonds is 12. The predicted octanol–water partition coefficient (Wildman–Crippen LogP) is 7.80. The molecule has 3 rings (SSSR count). The van der Waals surface area contributed by atoms with Crippen LogP contribution < -0.4 is 9.47 Å². The number of fused-ring (bicyclic) bond motifs is 1. The summed E-state index contributed by atoms with van der Waals surface area (Å²) >= 11 is 0. The standard InChI is InChI=1S/C30H37NO2/c1-4-6-7-8-9-10-19-32-29-17-16-27-20-25(13-15-28(27)21-29)11-12-26-14-18-30(31-22-26)33-23-24(3)5-2/h13-18,20-22,24H,4-10,19,23H2,1-3H3/t24-/m0/s1. The number of unbranched alkanes of at least 4 members (excludes halogenated alkanes) is 5. The number of pyridine rings is 1. The van der Waals surface area contributed by atoms with E-state index in [1.54, 1.807) is 6.20 Å². The maximum Gasteiger partial charge on any atom is 0.213 e. The van der Waals surface area contributed by atoms with E-state index in [0.29, 0.717) is 18.4 Å². The molecule has 3 nitrogen and oxygen atoms in total. The minimum Gasteiger partial charge on any atom is -0.494 e. The van der Waals surface area contributed by atoms with Crippen LogP contribution >= 0.6 is 0 Å². The molecular formula is C30H37NO2. The molecule has 0 saturated carbocycles. The molecule has 0 saturated heterocycles. The van der Waals surface area contributed by atoms with E-state index in [1.165, 1.54) is 42.9 Å². The Morgan fingerprint density at radius 3 is 2.30 bits per heavy atom. The van der Waals surface area contributed by atoms with Crippen LogP contribution in [0.4, 0.5) is 0 Å². The normalized spacial score (nSPS) is 11.6. The topological polar surface area (TPSA) is 31.4 Å². The Morgan fingerprint density at radius 1 is 0.788 bits per heavy atom. The molecule has 1 heterocycles. The van der Waals surface area contributed by atoms with Gasteiger partial charge in [-0.15, -0.1) is 0 Å². The first kappa shape index (κ1) is 24.6. The molecular weight excluding hydrogens is 406 g/mol. The van der Waals surface area contributed by atoms with Crippen LogP contribution in [0.25, 0.3) is 10.8 Å². The lowest BCUT2D eigenvalue weighted by Crippen LogP contribution is -2.07. The molecule has 0 aliphatic rings. The summed E-state index contributed by atoms with van der Waals surface area (Å²) in [5.74, 6) is 8.57. The SMILES string of the molecule is CCCCCCCCOc1ccc2cc(C#Cc3ccc(OC[C@@H](C)CC)nc3)ccc2c1. The van der Waals surface area contributed by atoms with Crippen molar-refractivity contribution in [1.82, 2.24) is 4.98 Å². The average Bonchev–Trinajstić information content (AvgIpc) is 2.86. The zero-order valence-electron chi connectivity index (χ0n) is 20.4. The first-order valence-electron chi connectivity index (χ1n) is 12.5. The summed E-state index contributed by atoms with van der Waals surface area (Å²) in [5.41, 5.74) is 1.87. The van der Waals surface area contributed by atoms with Crippen molar-refractivity contribution in [2.24, 2.45) is 5.92 Å². The lowest BCUT2D eigenvalue weighted by atomic mass is 10.1. The smallest absolute Gasteiger partial charge is 0.213 e. The lowest BCUT2D eigenvalue weighted by molar-refractivity contribution is 0.248. The Kier molecular flexibility index (Phi) is 10.1. The second-order valence-electron chi connectivity index (χ2n) is 8.80. The zero-order valence-corrected chi connectivity index (χ0v) is 20.4.